The molecule has 4 nitrogen and oxygen atoms in total. The third-order valence-electron chi connectivity index (χ3n) is 2.44. The number of rotatable bonds is 5. The lowest BCUT2D eigenvalue weighted by Crippen LogP contribution is -2.17. The van der Waals surface area contributed by atoms with Gasteiger partial charge in [-0.05, 0) is 35.5 Å². The van der Waals surface area contributed by atoms with Gasteiger partial charge >= 0.3 is 12.3 Å². The number of hydrogen-bond donors (Lipinski definition) is 1. The number of benzene rings is 1. The van der Waals surface area contributed by atoms with Crippen molar-refractivity contribution in [3.8, 4) is 5.75 Å². The van der Waals surface area contributed by atoms with Gasteiger partial charge in [-0.2, -0.15) is 0 Å². The summed E-state index contributed by atoms with van der Waals surface area (Å²) < 4.78 is 47.7. The van der Waals surface area contributed by atoms with Crippen molar-refractivity contribution < 1.29 is 27.4 Å². The number of methoxy groups -OCH3 is 1. The molecular weight excluding hydrogens is 375 g/mol. The molecule has 0 saturated carbocycles. The Bertz CT molecular complexity index is 706. The van der Waals surface area contributed by atoms with Gasteiger partial charge in [0.25, 0.3) is 0 Å². The Morgan fingerprint density at radius 2 is 2.09 bits per heavy atom. The lowest BCUT2D eigenvalue weighted by Gasteiger charge is -2.11. The second kappa shape index (κ2) is 7.33. The van der Waals surface area contributed by atoms with Crippen molar-refractivity contribution in [3.05, 3.63) is 39.5 Å². The second-order valence-electron chi connectivity index (χ2n) is 4.00. The van der Waals surface area contributed by atoms with Crippen molar-refractivity contribution in [1.29, 1.82) is 0 Å². The van der Waals surface area contributed by atoms with Crippen LogP contribution in [0.4, 0.5) is 18.9 Å². The fourth-order valence-electron chi connectivity index (χ4n) is 1.51. The van der Waals surface area contributed by atoms with E-state index >= 15 is 0 Å². The van der Waals surface area contributed by atoms with Crippen LogP contribution >= 0.6 is 34.9 Å². The number of anilines is 1. The smallest absolute Gasteiger partial charge is 0.465 e. The van der Waals surface area contributed by atoms with Gasteiger partial charge in [0, 0.05) is 11.0 Å². The van der Waals surface area contributed by atoms with E-state index in [2.05, 4.69) is 14.2 Å². The first-order chi connectivity index (χ1) is 10.8. The number of carbonyl (C=O) groups excluding carboxylic acids is 1. The van der Waals surface area contributed by atoms with Gasteiger partial charge in [0.15, 0.2) is 0 Å². The summed E-state index contributed by atoms with van der Waals surface area (Å²) in [6, 6.07) is 5.27. The SMILES string of the molecule is COC(=O)c1sccc1NSc1ccc(OC(F)(F)F)cc1Cl. The number of hydrogen-bond acceptors (Lipinski definition) is 6. The summed E-state index contributed by atoms with van der Waals surface area (Å²) in [5.41, 5.74) is 0.526. The number of carbonyl (C=O) groups is 1. The van der Waals surface area contributed by atoms with E-state index < -0.39 is 18.1 Å². The van der Waals surface area contributed by atoms with Crippen LogP contribution in [0.5, 0.6) is 5.75 Å². The molecule has 0 bridgehead atoms. The number of nitrogens with one attached hydrogen (secondary N) is 1. The molecule has 1 heterocycles. The summed E-state index contributed by atoms with van der Waals surface area (Å²) in [4.78, 5) is 12.4. The van der Waals surface area contributed by atoms with Crippen molar-refractivity contribution in [2.45, 2.75) is 11.3 Å². The van der Waals surface area contributed by atoms with E-state index in [-0.39, 0.29) is 5.02 Å². The molecule has 0 saturated heterocycles. The van der Waals surface area contributed by atoms with Gasteiger partial charge in [0.2, 0.25) is 0 Å². The van der Waals surface area contributed by atoms with Gasteiger partial charge in [-0.1, -0.05) is 11.6 Å². The molecule has 10 heteroatoms. The highest BCUT2D eigenvalue weighted by molar-refractivity contribution is 8.00. The summed E-state index contributed by atoms with van der Waals surface area (Å²) in [7, 11) is 1.27. The minimum atomic E-state index is -4.78. The molecule has 0 fully saturated rings. The molecule has 0 spiro atoms. The lowest BCUT2D eigenvalue weighted by molar-refractivity contribution is -0.274. The number of alkyl halides is 3. The predicted octanol–water partition coefficient (Wildman–Crippen LogP) is 5.21. The summed E-state index contributed by atoms with van der Waals surface area (Å²) in [6.45, 7) is 0. The summed E-state index contributed by atoms with van der Waals surface area (Å²) >= 11 is 8.19. The highest BCUT2D eigenvalue weighted by Gasteiger charge is 2.31. The molecule has 0 aliphatic carbocycles. The van der Waals surface area contributed by atoms with E-state index in [1.165, 1.54) is 24.5 Å². The van der Waals surface area contributed by atoms with Crippen LogP contribution in [0.2, 0.25) is 5.02 Å². The van der Waals surface area contributed by atoms with Crippen molar-refractivity contribution >= 4 is 46.5 Å². The third-order valence-corrected chi connectivity index (χ3v) is 4.66. The maximum atomic E-state index is 12.1. The average Bonchev–Trinajstić information content (AvgIpc) is 2.92. The fraction of sp³-hybridized carbons (Fsp3) is 0.154. The molecule has 0 amide bonds. The zero-order valence-corrected chi connectivity index (χ0v) is 13.8. The third kappa shape index (κ3) is 4.95. The number of esters is 1. The van der Waals surface area contributed by atoms with Gasteiger partial charge < -0.3 is 14.2 Å². The Morgan fingerprint density at radius 1 is 1.35 bits per heavy atom. The standard InChI is InChI=1S/C13H9ClF3NO3S2/c1-20-12(19)11-9(4-5-22-11)18-23-10-3-2-7(6-8(10)14)21-13(15,16)17/h2-6,18H,1H3. The molecule has 2 rings (SSSR count). The van der Waals surface area contributed by atoms with Crippen molar-refractivity contribution in [3.63, 3.8) is 0 Å². The number of halogens is 4. The number of thiophene rings is 1. The first kappa shape index (κ1) is 17.8. The van der Waals surface area contributed by atoms with Crippen LogP contribution in [0.15, 0.2) is 34.5 Å². The maximum Gasteiger partial charge on any atom is 0.573 e. The molecule has 0 radical (unpaired) electrons. The first-order valence-corrected chi connectivity index (χ1v) is 8.01. The minimum absolute atomic E-state index is 0.0825. The summed E-state index contributed by atoms with van der Waals surface area (Å²) in [6.07, 6.45) is -4.78. The Morgan fingerprint density at radius 3 is 2.70 bits per heavy atom. The Hall–Kier alpha value is -1.58. The average molecular weight is 384 g/mol. The largest absolute Gasteiger partial charge is 0.573 e. The first-order valence-electron chi connectivity index (χ1n) is 5.94. The van der Waals surface area contributed by atoms with Gasteiger partial charge in [0.05, 0.1) is 17.8 Å². The maximum absolute atomic E-state index is 12.1. The van der Waals surface area contributed by atoms with Crippen LogP contribution in [-0.4, -0.2) is 19.4 Å². The molecule has 0 aliphatic heterocycles. The molecule has 2 aromatic rings. The van der Waals surface area contributed by atoms with Crippen LogP contribution in [0.3, 0.4) is 0 Å². The molecule has 0 unspecified atom stereocenters. The van der Waals surface area contributed by atoms with E-state index in [0.717, 1.165) is 24.1 Å². The zero-order chi connectivity index (χ0) is 17.0. The van der Waals surface area contributed by atoms with Crippen LogP contribution in [-0.2, 0) is 4.74 Å². The highest BCUT2D eigenvalue weighted by Crippen LogP contribution is 2.34. The number of ether oxygens (including phenoxy) is 2. The van der Waals surface area contributed by atoms with Crippen LogP contribution < -0.4 is 9.46 Å². The summed E-state index contributed by atoms with van der Waals surface area (Å²) in [5.74, 6) is -0.888. The molecule has 1 aromatic heterocycles. The normalized spacial score (nSPS) is 11.2. The monoisotopic (exact) mass is 383 g/mol. The summed E-state index contributed by atoms with van der Waals surface area (Å²) in [5, 5.41) is 1.79. The molecule has 0 atom stereocenters. The predicted molar refractivity (Wildman–Crippen MR) is 83.3 cm³/mol. The Labute approximate surface area is 142 Å². The molecular formula is C13H9ClF3NO3S2. The van der Waals surface area contributed by atoms with E-state index in [0.29, 0.717) is 15.5 Å². The van der Waals surface area contributed by atoms with Crippen molar-refractivity contribution in [1.82, 2.24) is 0 Å². The zero-order valence-electron chi connectivity index (χ0n) is 11.4. The quantitative estimate of drug-likeness (QED) is 0.567. The van der Waals surface area contributed by atoms with Gasteiger partial charge in [-0.25, -0.2) is 4.79 Å². The van der Waals surface area contributed by atoms with Crippen LogP contribution in [0.25, 0.3) is 0 Å². The molecule has 23 heavy (non-hydrogen) atoms. The van der Waals surface area contributed by atoms with E-state index in [9.17, 15) is 18.0 Å². The lowest BCUT2D eigenvalue weighted by atomic mass is 10.3. The van der Waals surface area contributed by atoms with E-state index in [1.54, 1.807) is 11.4 Å². The van der Waals surface area contributed by atoms with Crippen molar-refractivity contribution in [2.24, 2.45) is 0 Å². The fourth-order valence-corrected chi connectivity index (χ4v) is 3.31. The Kier molecular flexibility index (Phi) is 5.66. The highest BCUT2D eigenvalue weighted by atomic mass is 35.5. The minimum Gasteiger partial charge on any atom is -0.465 e. The van der Waals surface area contributed by atoms with Crippen molar-refractivity contribution in [2.75, 3.05) is 11.8 Å². The van der Waals surface area contributed by atoms with Gasteiger partial charge in [-0.15, -0.1) is 24.5 Å². The van der Waals surface area contributed by atoms with Crippen LogP contribution in [0, 0.1) is 0 Å². The molecule has 1 N–H and O–H groups in total. The molecule has 0 aliphatic rings. The van der Waals surface area contributed by atoms with E-state index in [1.807, 2.05) is 0 Å². The van der Waals surface area contributed by atoms with Gasteiger partial charge in [-0.3, -0.25) is 0 Å². The van der Waals surface area contributed by atoms with Crippen LogP contribution in [0.1, 0.15) is 9.67 Å². The van der Waals surface area contributed by atoms with Gasteiger partial charge in [0.1, 0.15) is 10.6 Å². The second-order valence-corrected chi connectivity index (χ2v) is 6.17. The topological polar surface area (TPSA) is 47.6 Å². The molecule has 1 aromatic carbocycles. The Balaban J connectivity index is 2.07. The molecule has 124 valence electrons. The van der Waals surface area contributed by atoms with E-state index in [4.69, 9.17) is 11.6 Å².